The summed E-state index contributed by atoms with van der Waals surface area (Å²) in [7, 11) is -1.09. The van der Waals surface area contributed by atoms with E-state index in [0.717, 1.165) is 35.3 Å². The van der Waals surface area contributed by atoms with Gasteiger partial charge in [0.15, 0.2) is 11.3 Å². The van der Waals surface area contributed by atoms with Gasteiger partial charge in [0, 0.05) is 39.6 Å². The van der Waals surface area contributed by atoms with Gasteiger partial charge in [-0.2, -0.15) is 0 Å². The first kappa shape index (κ1) is 18.3. The Kier molecular flexibility index (Phi) is 4.63. The molecule has 3 aromatic heterocycles. The van der Waals surface area contributed by atoms with Gasteiger partial charge < -0.3 is 9.30 Å². The lowest BCUT2D eigenvalue weighted by Gasteiger charge is -2.15. The molecule has 1 aliphatic carbocycles. The summed E-state index contributed by atoms with van der Waals surface area (Å²) < 4.78 is 9.97. The molecule has 2 unspecified atom stereocenters. The highest BCUT2D eigenvalue weighted by molar-refractivity contribution is 6.76. The van der Waals surface area contributed by atoms with Gasteiger partial charge in [0.1, 0.15) is 18.3 Å². The highest BCUT2D eigenvalue weighted by atomic mass is 28.3. The number of carbonyl (C=O) groups is 1. The maximum absolute atomic E-state index is 11.9. The summed E-state index contributed by atoms with van der Waals surface area (Å²) in [5.41, 5.74) is 2.54. The van der Waals surface area contributed by atoms with Gasteiger partial charge in [-0.3, -0.25) is 9.20 Å². The van der Waals surface area contributed by atoms with E-state index >= 15 is 0 Å². The second-order valence-corrected chi connectivity index (χ2v) is 14.5. The van der Waals surface area contributed by atoms with Crippen LogP contribution >= 0.6 is 0 Å². The van der Waals surface area contributed by atoms with Crippen molar-refractivity contribution in [2.75, 3.05) is 6.61 Å². The topological polar surface area (TPSA) is 74.3 Å². The van der Waals surface area contributed by atoms with Crippen molar-refractivity contribution in [2.45, 2.75) is 58.1 Å². The van der Waals surface area contributed by atoms with E-state index in [1.54, 1.807) is 6.20 Å². The zero-order valence-electron chi connectivity index (χ0n) is 16.5. The first-order valence-corrected chi connectivity index (χ1v) is 13.3. The Bertz CT molecular complexity index is 987. The number of rotatable bonds is 6. The minimum Gasteiger partial charge on any atom is -0.361 e. The minimum absolute atomic E-state index is 0.120. The summed E-state index contributed by atoms with van der Waals surface area (Å²) in [5.74, 6) is 1.59. The van der Waals surface area contributed by atoms with Crippen LogP contribution in [0.4, 0.5) is 0 Å². The van der Waals surface area contributed by atoms with E-state index in [-0.39, 0.29) is 5.92 Å². The molecule has 2 atom stereocenters. The SMILES string of the molecule is CC1CC(=O)CC1c1nnc2cnc3c(ccn3COCC[Si](C)(C)C)n12. The van der Waals surface area contributed by atoms with Crippen LogP contribution in [-0.4, -0.2) is 44.6 Å². The Labute approximate surface area is 159 Å². The van der Waals surface area contributed by atoms with E-state index in [2.05, 4.69) is 46.1 Å². The lowest BCUT2D eigenvalue weighted by atomic mass is 9.97. The molecule has 3 aromatic rings. The average molecular weight is 386 g/mol. The van der Waals surface area contributed by atoms with Crippen molar-refractivity contribution in [3.05, 3.63) is 24.3 Å². The molecule has 4 rings (SSSR count). The quantitative estimate of drug-likeness (QED) is 0.480. The molecule has 1 fully saturated rings. The molecule has 8 heteroatoms. The molecular weight excluding hydrogens is 358 g/mol. The molecule has 0 aliphatic heterocycles. The van der Waals surface area contributed by atoms with E-state index in [9.17, 15) is 4.79 Å². The molecule has 0 saturated heterocycles. The van der Waals surface area contributed by atoms with Gasteiger partial charge in [-0.1, -0.05) is 26.6 Å². The van der Waals surface area contributed by atoms with Gasteiger partial charge in [-0.15, -0.1) is 10.2 Å². The van der Waals surface area contributed by atoms with Crippen LogP contribution in [0.25, 0.3) is 16.8 Å². The van der Waals surface area contributed by atoms with E-state index in [1.165, 1.54) is 0 Å². The molecule has 0 radical (unpaired) electrons. The third-order valence-electron chi connectivity index (χ3n) is 5.41. The number of hydrogen-bond acceptors (Lipinski definition) is 5. The Morgan fingerprint density at radius 1 is 1.26 bits per heavy atom. The zero-order chi connectivity index (χ0) is 19.2. The number of ketones is 1. The number of carbonyl (C=O) groups excluding carboxylic acids is 1. The van der Waals surface area contributed by atoms with Crippen molar-refractivity contribution in [2.24, 2.45) is 5.92 Å². The largest absolute Gasteiger partial charge is 0.361 e. The predicted octanol–water partition coefficient (Wildman–Crippen LogP) is 3.47. The van der Waals surface area contributed by atoms with Gasteiger partial charge in [-0.25, -0.2) is 4.98 Å². The Morgan fingerprint density at radius 3 is 2.78 bits per heavy atom. The number of ether oxygens (including phenoxy) is 1. The Morgan fingerprint density at radius 2 is 2.07 bits per heavy atom. The smallest absolute Gasteiger partial charge is 0.179 e. The molecule has 0 spiro atoms. The average Bonchev–Trinajstić information content (AvgIpc) is 3.26. The summed E-state index contributed by atoms with van der Waals surface area (Å²) in [6, 6.07) is 3.18. The number of aromatic nitrogens is 5. The standard InChI is InChI=1S/C19H27N5O2Si/c1-13-9-14(25)10-15(13)18-22-21-17-11-20-19-16(24(17)18)5-6-23(19)12-26-7-8-27(2,3)4/h5-6,11,13,15H,7-10,12H2,1-4H3. The van der Waals surface area contributed by atoms with E-state index in [4.69, 9.17) is 4.74 Å². The summed E-state index contributed by atoms with van der Waals surface area (Å²) in [4.78, 5) is 16.5. The fraction of sp³-hybridized carbons (Fsp3) is 0.579. The molecule has 0 aromatic carbocycles. The van der Waals surface area contributed by atoms with Crippen LogP contribution in [0.15, 0.2) is 18.5 Å². The first-order chi connectivity index (χ1) is 12.8. The second-order valence-electron chi connectivity index (χ2n) is 8.88. The molecule has 0 N–H and O–H groups in total. The van der Waals surface area contributed by atoms with Crippen LogP contribution in [0, 0.1) is 5.92 Å². The van der Waals surface area contributed by atoms with Crippen molar-refractivity contribution < 1.29 is 9.53 Å². The molecule has 3 heterocycles. The van der Waals surface area contributed by atoms with Gasteiger partial charge in [0.2, 0.25) is 0 Å². The van der Waals surface area contributed by atoms with Crippen molar-refractivity contribution in [3.63, 3.8) is 0 Å². The summed E-state index contributed by atoms with van der Waals surface area (Å²) in [5, 5.41) is 8.70. The third kappa shape index (κ3) is 3.55. The summed E-state index contributed by atoms with van der Waals surface area (Å²) in [6.07, 6.45) is 4.92. The lowest BCUT2D eigenvalue weighted by Crippen LogP contribution is -2.22. The van der Waals surface area contributed by atoms with E-state index < -0.39 is 8.07 Å². The second kappa shape index (κ2) is 6.83. The van der Waals surface area contributed by atoms with E-state index in [0.29, 0.717) is 31.3 Å². The van der Waals surface area contributed by atoms with Crippen LogP contribution in [0.3, 0.4) is 0 Å². The van der Waals surface area contributed by atoms with Crippen LogP contribution in [0.1, 0.15) is 31.5 Å². The Balaban J connectivity index is 1.63. The monoisotopic (exact) mass is 385 g/mol. The fourth-order valence-electron chi connectivity index (χ4n) is 3.79. The number of Topliss-reactive ketones (excluding diaryl/α,β-unsaturated/α-hetero) is 1. The maximum Gasteiger partial charge on any atom is 0.179 e. The first-order valence-electron chi connectivity index (χ1n) is 9.62. The van der Waals surface area contributed by atoms with Crippen LogP contribution < -0.4 is 0 Å². The molecule has 1 saturated carbocycles. The van der Waals surface area contributed by atoms with Gasteiger partial charge in [0.25, 0.3) is 0 Å². The molecule has 144 valence electrons. The summed E-state index contributed by atoms with van der Waals surface area (Å²) in [6.45, 7) is 10.4. The van der Waals surface area contributed by atoms with Gasteiger partial charge >= 0.3 is 0 Å². The van der Waals surface area contributed by atoms with Crippen molar-refractivity contribution in [3.8, 4) is 0 Å². The van der Waals surface area contributed by atoms with E-state index in [1.807, 2.05) is 16.8 Å². The Hall–Kier alpha value is -2.06. The number of fused-ring (bicyclic) bond motifs is 3. The summed E-state index contributed by atoms with van der Waals surface area (Å²) >= 11 is 0. The third-order valence-corrected chi connectivity index (χ3v) is 7.12. The van der Waals surface area contributed by atoms with Crippen LogP contribution in [0.2, 0.25) is 25.7 Å². The predicted molar refractivity (Wildman–Crippen MR) is 107 cm³/mol. The lowest BCUT2D eigenvalue weighted by molar-refractivity contribution is -0.117. The molecule has 0 amide bonds. The van der Waals surface area contributed by atoms with Crippen molar-refractivity contribution in [1.29, 1.82) is 0 Å². The van der Waals surface area contributed by atoms with Crippen LogP contribution in [0.5, 0.6) is 0 Å². The number of hydrogen-bond donors (Lipinski definition) is 0. The maximum atomic E-state index is 11.9. The zero-order valence-corrected chi connectivity index (χ0v) is 17.5. The van der Waals surface area contributed by atoms with Crippen molar-refractivity contribution >= 4 is 30.7 Å². The molecule has 27 heavy (non-hydrogen) atoms. The van der Waals surface area contributed by atoms with Crippen LogP contribution in [-0.2, 0) is 16.3 Å². The fourth-order valence-corrected chi connectivity index (χ4v) is 4.55. The highest BCUT2D eigenvalue weighted by Gasteiger charge is 2.34. The highest BCUT2D eigenvalue weighted by Crippen LogP contribution is 2.37. The normalized spacial score (nSPS) is 21.0. The molecule has 1 aliphatic rings. The number of nitrogens with zero attached hydrogens (tertiary/aromatic N) is 5. The molecule has 0 bridgehead atoms. The van der Waals surface area contributed by atoms with Crippen molar-refractivity contribution in [1.82, 2.24) is 24.1 Å². The van der Waals surface area contributed by atoms with Gasteiger partial charge in [-0.05, 0) is 18.0 Å². The molecule has 7 nitrogen and oxygen atoms in total. The minimum atomic E-state index is -1.09. The molecular formula is C19H27N5O2Si. The van der Waals surface area contributed by atoms with Gasteiger partial charge in [0.05, 0.1) is 11.7 Å².